The molecule has 0 saturated heterocycles. The van der Waals surface area contributed by atoms with E-state index in [9.17, 15) is 0 Å². The van der Waals surface area contributed by atoms with Gasteiger partial charge in [0.05, 0.1) is 16.4 Å². The summed E-state index contributed by atoms with van der Waals surface area (Å²) in [5, 5.41) is 2.48. The number of hydrogen-bond donors (Lipinski definition) is 0. The van der Waals surface area contributed by atoms with Crippen molar-refractivity contribution in [2.75, 3.05) is 0 Å². The Balaban J connectivity index is 1.08. The van der Waals surface area contributed by atoms with Crippen LogP contribution in [0.5, 0.6) is 0 Å². The molecule has 7 aromatic carbocycles. The fourth-order valence-electron chi connectivity index (χ4n) is 10.2. The van der Waals surface area contributed by atoms with Crippen LogP contribution in [0.1, 0.15) is 61.1 Å². The number of benzene rings is 7. The minimum atomic E-state index is -0.428. The minimum Gasteiger partial charge on any atom is -0.309 e. The van der Waals surface area contributed by atoms with Gasteiger partial charge in [-0.1, -0.05) is 153 Å². The summed E-state index contributed by atoms with van der Waals surface area (Å²) in [5.41, 5.74) is 16.2. The van der Waals surface area contributed by atoms with Gasteiger partial charge in [0.1, 0.15) is 0 Å². The van der Waals surface area contributed by atoms with Crippen LogP contribution in [-0.2, 0) is 10.8 Å². The Kier molecular flexibility index (Phi) is 7.83. The van der Waals surface area contributed by atoms with E-state index >= 15 is 0 Å². The zero-order valence-electron chi connectivity index (χ0n) is 33.6. The van der Waals surface area contributed by atoms with Crippen LogP contribution < -0.4 is 0 Å². The summed E-state index contributed by atoms with van der Waals surface area (Å²) >= 11 is 0. The molecule has 0 saturated carbocycles. The van der Waals surface area contributed by atoms with Crippen molar-refractivity contribution in [1.82, 2.24) is 19.5 Å². The summed E-state index contributed by atoms with van der Waals surface area (Å²) in [5.74, 6) is 1.93. The summed E-state index contributed by atoms with van der Waals surface area (Å²) in [7, 11) is 0. The first-order chi connectivity index (χ1) is 28.9. The van der Waals surface area contributed by atoms with E-state index in [0.717, 1.165) is 22.4 Å². The van der Waals surface area contributed by atoms with Crippen molar-refractivity contribution >= 4 is 27.4 Å². The van der Waals surface area contributed by atoms with Crippen molar-refractivity contribution < 1.29 is 0 Å². The summed E-state index contributed by atoms with van der Waals surface area (Å²) in [4.78, 5) is 15.5. The average Bonchev–Trinajstić information content (AvgIpc) is 3.75. The molecule has 0 bridgehead atoms. The maximum atomic E-state index is 5.24. The van der Waals surface area contributed by atoms with E-state index in [0.29, 0.717) is 17.5 Å². The Labute approximate surface area is 344 Å². The molecule has 2 heterocycles. The van der Waals surface area contributed by atoms with Gasteiger partial charge in [-0.2, -0.15) is 0 Å². The van der Waals surface area contributed by atoms with Crippen LogP contribution in [0, 0.1) is 0 Å². The number of hydrogen-bond acceptors (Lipinski definition) is 3. The average molecular weight is 759 g/mol. The molecule has 2 aliphatic carbocycles. The van der Waals surface area contributed by atoms with E-state index in [1.54, 1.807) is 0 Å². The quantitative estimate of drug-likeness (QED) is 0.176. The first kappa shape index (κ1) is 35.0. The first-order valence-electron chi connectivity index (χ1n) is 20.5. The molecule has 0 amide bonds. The molecule has 0 radical (unpaired) electrons. The van der Waals surface area contributed by atoms with Gasteiger partial charge in [-0.3, -0.25) is 0 Å². The highest BCUT2D eigenvalue weighted by Crippen LogP contribution is 2.61. The lowest BCUT2D eigenvalue weighted by Gasteiger charge is -2.47. The lowest BCUT2D eigenvalue weighted by atomic mass is 9.55. The van der Waals surface area contributed by atoms with Gasteiger partial charge in [-0.25, -0.2) is 15.0 Å². The third-order valence-corrected chi connectivity index (χ3v) is 12.9. The molecule has 0 N–H and O–H groups in total. The molecule has 2 aliphatic rings. The molecule has 0 atom stereocenters. The van der Waals surface area contributed by atoms with Crippen LogP contribution in [-0.4, -0.2) is 19.5 Å². The van der Waals surface area contributed by atoms with Crippen LogP contribution in [0.25, 0.3) is 67.2 Å². The van der Waals surface area contributed by atoms with Gasteiger partial charge in [0, 0.05) is 38.6 Å². The molecule has 0 unspecified atom stereocenters. The van der Waals surface area contributed by atoms with Crippen molar-refractivity contribution in [3.05, 3.63) is 221 Å². The second kappa shape index (κ2) is 13.2. The maximum absolute atomic E-state index is 5.24. The zero-order chi connectivity index (χ0) is 39.9. The molecule has 4 heteroatoms. The lowest BCUT2D eigenvalue weighted by Crippen LogP contribution is -2.40. The molecule has 282 valence electrons. The second-order valence-electron chi connectivity index (χ2n) is 16.4. The summed E-state index contributed by atoms with van der Waals surface area (Å²) in [6.45, 7) is 9.17. The highest BCUT2D eigenvalue weighted by Gasteiger charge is 2.52. The highest BCUT2D eigenvalue weighted by molar-refractivity contribution is 6.09. The van der Waals surface area contributed by atoms with Crippen molar-refractivity contribution in [3.8, 4) is 39.9 Å². The smallest absolute Gasteiger partial charge is 0.164 e. The number of rotatable bonds is 5. The zero-order valence-corrected chi connectivity index (χ0v) is 33.6. The van der Waals surface area contributed by atoms with E-state index in [1.807, 2.05) is 18.2 Å². The first-order valence-corrected chi connectivity index (χ1v) is 20.5. The monoisotopic (exact) mass is 758 g/mol. The van der Waals surface area contributed by atoms with Gasteiger partial charge in [-0.05, 0) is 101 Å². The lowest BCUT2D eigenvalue weighted by molar-refractivity contribution is 0.558. The van der Waals surface area contributed by atoms with Crippen LogP contribution in [0.3, 0.4) is 0 Å². The molecular formula is C55H42N4. The van der Waals surface area contributed by atoms with Crippen LogP contribution in [0.15, 0.2) is 188 Å². The standard InChI is InChI=1S/C55H42N4/c1-5-17-40-35(2)55(47-24-13-11-22-45(47)54(3,4)46-23-12-14-25-48(46)55)44-33-30-38(34-43(40)44)53-57-51(36-18-7-6-8-19-36)56-52(58-53)37-28-31-39(32-29-37)59-49-26-15-9-20-41(49)42-21-10-16-27-50(42)59/h5-34H,1-4H3/b17-5-. The Morgan fingerprint density at radius 3 is 1.53 bits per heavy atom. The van der Waals surface area contributed by atoms with Crippen molar-refractivity contribution in [3.63, 3.8) is 0 Å². The van der Waals surface area contributed by atoms with E-state index in [2.05, 4.69) is 196 Å². The van der Waals surface area contributed by atoms with E-state index in [4.69, 9.17) is 15.0 Å². The van der Waals surface area contributed by atoms with Crippen LogP contribution >= 0.6 is 0 Å². The summed E-state index contributed by atoms with van der Waals surface area (Å²) in [6.07, 6.45) is 4.45. The Morgan fingerprint density at radius 2 is 0.949 bits per heavy atom. The molecule has 4 nitrogen and oxygen atoms in total. The van der Waals surface area contributed by atoms with Gasteiger partial charge in [0.2, 0.25) is 0 Å². The Hall–Kier alpha value is -7.17. The van der Waals surface area contributed by atoms with Crippen molar-refractivity contribution in [2.45, 2.75) is 38.5 Å². The van der Waals surface area contributed by atoms with Gasteiger partial charge >= 0.3 is 0 Å². The van der Waals surface area contributed by atoms with E-state index in [-0.39, 0.29) is 5.41 Å². The summed E-state index contributed by atoms with van der Waals surface area (Å²) < 4.78 is 2.34. The van der Waals surface area contributed by atoms with Crippen LogP contribution in [0.4, 0.5) is 0 Å². The van der Waals surface area contributed by atoms with Gasteiger partial charge < -0.3 is 4.57 Å². The predicted octanol–water partition coefficient (Wildman–Crippen LogP) is 13.3. The molecule has 0 aliphatic heterocycles. The summed E-state index contributed by atoms with van der Waals surface area (Å²) in [6, 6.07) is 61.1. The fraction of sp³-hybridized carbons (Fsp3) is 0.109. The Morgan fingerprint density at radius 1 is 0.475 bits per heavy atom. The molecule has 2 aromatic heterocycles. The number of fused-ring (bicyclic) bond motifs is 9. The largest absolute Gasteiger partial charge is 0.309 e. The minimum absolute atomic E-state index is 0.140. The molecule has 11 rings (SSSR count). The Bertz CT molecular complexity index is 3100. The third-order valence-electron chi connectivity index (χ3n) is 12.9. The molecule has 59 heavy (non-hydrogen) atoms. The normalized spacial score (nSPS) is 14.9. The van der Waals surface area contributed by atoms with E-state index < -0.39 is 5.41 Å². The van der Waals surface area contributed by atoms with Crippen LogP contribution in [0.2, 0.25) is 0 Å². The maximum Gasteiger partial charge on any atom is 0.164 e. The topological polar surface area (TPSA) is 43.6 Å². The number of para-hydroxylation sites is 2. The van der Waals surface area contributed by atoms with Crippen molar-refractivity contribution in [2.24, 2.45) is 0 Å². The number of nitrogens with zero attached hydrogens (tertiary/aromatic N) is 4. The van der Waals surface area contributed by atoms with Gasteiger partial charge in [-0.15, -0.1) is 0 Å². The van der Waals surface area contributed by atoms with E-state index in [1.165, 1.54) is 66.3 Å². The predicted molar refractivity (Wildman–Crippen MR) is 243 cm³/mol. The van der Waals surface area contributed by atoms with Gasteiger partial charge in [0.15, 0.2) is 17.5 Å². The second-order valence-corrected chi connectivity index (χ2v) is 16.4. The van der Waals surface area contributed by atoms with Crippen molar-refractivity contribution in [1.29, 1.82) is 0 Å². The SMILES string of the molecule is C/C=C\C1=C(C)C2(c3ccc(-c4nc(-c5ccccc5)nc(-c5ccc(-n6c7ccccc7c7ccccc76)cc5)n4)cc31)c1ccccc1C(C)(C)c1ccccc12. The van der Waals surface area contributed by atoms with Gasteiger partial charge in [0.25, 0.3) is 0 Å². The number of aromatic nitrogens is 4. The number of allylic oxidation sites excluding steroid dienone is 4. The molecular weight excluding hydrogens is 717 g/mol. The molecule has 1 spiro atoms. The third kappa shape index (κ3) is 5.06. The fourth-order valence-corrected chi connectivity index (χ4v) is 10.2. The molecule has 0 fully saturated rings. The molecule has 9 aromatic rings. The highest BCUT2D eigenvalue weighted by atomic mass is 15.0.